The van der Waals surface area contributed by atoms with Crippen LogP contribution < -0.4 is 5.73 Å². The second-order valence-corrected chi connectivity index (χ2v) is 5.12. The normalized spacial score (nSPS) is 11.1. The number of thiophene rings is 1. The van der Waals surface area contributed by atoms with Crippen molar-refractivity contribution in [2.75, 3.05) is 5.73 Å². The molecule has 0 atom stereocenters. The molecule has 0 amide bonds. The summed E-state index contributed by atoms with van der Waals surface area (Å²) in [4.78, 5) is 14.0. The largest absolute Gasteiger partial charge is 0.383 e. The summed E-state index contributed by atoms with van der Waals surface area (Å²) in [6.45, 7) is 1.95. The molecule has 4 nitrogen and oxygen atoms in total. The molecule has 0 spiro atoms. The minimum Gasteiger partial charge on any atom is -0.383 e. The van der Waals surface area contributed by atoms with Crippen LogP contribution in [0.25, 0.3) is 21.0 Å². The zero-order chi connectivity index (χ0) is 11.1. The first-order valence-electron chi connectivity index (χ1n) is 4.67. The van der Waals surface area contributed by atoms with Crippen molar-refractivity contribution in [3.8, 4) is 10.8 Å². The van der Waals surface area contributed by atoms with Crippen molar-refractivity contribution in [2.24, 2.45) is 0 Å². The Morgan fingerprint density at radius 3 is 2.81 bits per heavy atom. The van der Waals surface area contributed by atoms with Gasteiger partial charge in [0, 0.05) is 11.1 Å². The first-order chi connectivity index (χ1) is 7.74. The molecule has 3 heterocycles. The fourth-order valence-electron chi connectivity index (χ4n) is 1.43. The van der Waals surface area contributed by atoms with Crippen LogP contribution in [0.1, 0.15) is 5.69 Å². The van der Waals surface area contributed by atoms with Gasteiger partial charge in [-0.2, -0.15) is 0 Å². The summed E-state index contributed by atoms with van der Waals surface area (Å²) < 4.78 is 0. The predicted octanol–water partition coefficient (Wildman–Crippen LogP) is 2.71. The topological polar surface area (TPSA) is 64.7 Å². The molecule has 3 aromatic rings. The number of hydrogen-bond acceptors (Lipinski definition) is 6. The Kier molecular flexibility index (Phi) is 2.12. The van der Waals surface area contributed by atoms with Gasteiger partial charge in [0.25, 0.3) is 0 Å². The maximum absolute atomic E-state index is 5.88. The summed E-state index contributed by atoms with van der Waals surface area (Å²) >= 11 is 3.10. The van der Waals surface area contributed by atoms with Crippen LogP contribution in [-0.2, 0) is 0 Å². The second kappa shape index (κ2) is 3.50. The van der Waals surface area contributed by atoms with Crippen molar-refractivity contribution >= 4 is 38.7 Å². The monoisotopic (exact) mass is 248 g/mol. The number of thiazole rings is 1. The van der Waals surface area contributed by atoms with Gasteiger partial charge in [0.15, 0.2) is 10.8 Å². The number of nitrogens with zero attached hydrogens (tertiary/aromatic N) is 3. The van der Waals surface area contributed by atoms with Crippen molar-refractivity contribution in [3.63, 3.8) is 0 Å². The van der Waals surface area contributed by atoms with E-state index in [9.17, 15) is 0 Å². The summed E-state index contributed by atoms with van der Waals surface area (Å²) in [7, 11) is 0. The Balaban J connectivity index is 2.24. The van der Waals surface area contributed by atoms with Crippen LogP contribution in [0.5, 0.6) is 0 Å². The molecule has 0 fully saturated rings. The summed E-state index contributed by atoms with van der Waals surface area (Å²) in [6, 6.07) is 1.94. The third kappa shape index (κ3) is 1.46. The predicted molar refractivity (Wildman–Crippen MR) is 67.7 cm³/mol. The molecule has 0 bridgehead atoms. The third-order valence-electron chi connectivity index (χ3n) is 2.16. The lowest BCUT2D eigenvalue weighted by Crippen LogP contribution is -1.95. The standard InChI is InChI=1S/C10H8N4S2/c1-5-4-16-10(12-5)8-13-7(11)6-2-3-15-9(6)14-8/h2-4H,1H3,(H2,11,13,14). The molecular formula is C10H8N4S2. The van der Waals surface area contributed by atoms with Crippen molar-refractivity contribution in [1.29, 1.82) is 0 Å². The van der Waals surface area contributed by atoms with Crippen LogP contribution in [0.4, 0.5) is 5.82 Å². The Labute approximate surface area is 99.8 Å². The lowest BCUT2D eigenvalue weighted by Gasteiger charge is -1.98. The lowest BCUT2D eigenvalue weighted by molar-refractivity contribution is 1.19. The number of rotatable bonds is 1. The molecule has 0 saturated carbocycles. The van der Waals surface area contributed by atoms with Gasteiger partial charge in [0.05, 0.1) is 5.39 Å². The highest BCUT2D eigenvalue weighted by Gasteiger charge is 2.10. The molecule has 0 aromatic carbocycles. The maximum atomic E-state index is 5.88. The number of hydrogen-bond donors (Lipinski definition) is 1. The van der Waals surface area contributed by atoms with Crippen molar-refractivity contribution in [3.05, 3.63) is 22.5 Å². The molecule has 3 rings (SSSR count). The van der Waals surface area contributed by atoms with E-state index in [4.69, 9.17) is 5.73 Å². The highest BCUT2D eigenvalue weighted by molar-refractivity contribution is 7.16. The first kappa shape index (κ1) is 9.68. The van der Waals surface area contributed by atoms with Gasteiger partial charge in [-0.1, -0.05) is 0 Å². The third-order valence-corrected chi connectivity index (χ3v) is 3.93. The van der Waals surface area contributed by atoms with E-state index >= 15 is 0 Å². The van der Waals surface area contributed by atoms with Gasteiger partial charge in [0.2, 0.25) is 0 Å². The number of nitrogen functional groups attached to an aromatic ring is 1. The molecule has 6 heteroatoms. The minimum absolute atomic E-state index is 0.522. The van der Waals surface area contributed by atoms with E-state index in [1.807, 2.05) is 23.8 Å². The molecule has 80 valence electrons. The Bertz CT molecular complexity index is 656. The molecular weight excluding hydrogens is 240 g/mol. The van der Waals surface area contributed by atoms with Gasteiger partial charge in [-0.3, -0.25) is 0 Å². The van der Waals surface area contributed by atoms with Gasteiger partial charge in [0.1, 0.15) is 10.6 Å². The van der Waals surface area contributed by atoms with Crippen LogP contribution in [-0.4, -0.2) is 15.0 Å². The highest BCUT2D eigenvalue weighted by Crippen LogP contribution is 2.27. The second-order valence-electron chi connectivity index (χ2n) is 3.37. The van der Waals surface area contributed by atoms with Gasteiger partial charge in [-0.25, -0.2) is 15.0 Å². The molecule has 0 aliphatic heterocycles. The van der Waals surface area contributed by atoms with Crippen LogP contribution in [0, 0.1) is 6.92 Å². The minimum atomic E-state index is 0.522. The van der Waals surface area contributed by atoms with Crippen LogP contribution in [0.15, 0.2) is 16.8 Å². The van der Waals surface area contributed by atoms with Crippen LogP contribution >= 0.6 is 22.7 Å². The first-order valence-corrected chi connectivity index (χ1v) is 6.43. The lowest BCUT2D eigenvalue weighted by atomic mass is 10.4. The summed E-state index contributed by atoms with van der Waals surface area (Å²) in [5.41, 5.74) is 6.86. The Morgan fingerprint density at radius 2 is 2.06 bits per heavy atom. The van der Waals surface area contributed by atoms with Gasteiger partial charge in [-0.15, -0.1) is 22.7 Å². The molecule has 0 aliphatic rings. The molecule has 2 N–H and O–H groups in total. The van der Waals surface area contributed by atoms with E-state index in [1.165, 1.54) is 11.3 Å². The van der Waals surface area contributed by atoms with Crippen molar-refractivity contribution in [2.45, 2.75) is 6.92 Å². The van der Waals surface area contributed by atoms with Crippen molar-refractivity contribution < 1.29 is 0 Å². The smallest absolute Gasteiger partial charge is 0.192 e. The maximum Gasteiger partial charge on any atom is 0.192 e. The number of aromatic nitrogens is 3. The van der Waals surface area contributed by atoms with Crippen LogP contribution in [0.3, 0.4) is 0 Å². The zero-order valence-electron chi connectivity index (χ0n) is 8.47. The van der Waals surface area contributed by atoms with E-state index < -0.39 is 0 Å². The molecule has 0 saturated heterocycles. The quantitative estimate of drug-likeness (QED) is 0.719. The highest BCUT2D eigenvalue weighted by atomic mass is 32.1. The average Bonchev–Trinajstić information content (AvgIpc) is 2.85. The molecule has 16 heavy (non-hydrogen) atoms. The molecule has 3 aromatic heterocycles. The van der Waals surface area contributed by atoms with Gasteiger partial charge in [-0.05, 0) is 18.4 Å². The Hall–Kier alpha value is -1.53. The van der Waals surface area contributed by atoms with E-state index in [-0.39, 0.29) is 0 Å². The average molecular weight is 248 g/mol. The van der Waals surface area contributed by atoms with Gasteiger partial charge >= 0.3 is 0 Å². The number of nitrogens with two attached hydrogens (primary N) is 1. The molecule has 0 unspecified atom stereocenters. The fraction of sp³-hybridized carbons (Fsp3) is 0.100. The fourth-order valence-corrected chi connectivity index (χ4v) is 2.93. The molecule has 0 aliphatic carbocycles. The van der Waals surface area contributed by atoms with E-state index in [0.29, 0.717) is 11.6 Å². The summed E-state index contributed by atoms with van der Waals surface area (Å²) in [5.74, 6) is 1.14. The summed E-state index contributed by atoms with van der Waals surface area (Å²) in [5, 5.41) is 5.68. The number of fused-ring (bicyclic) bond motifs is 1. The van der Waals surface area contributed by atoms with E-state index in [0.717, 1.165) is 20.9 Å². The van der Waals surface area contributed by atoms with Gasteiger partial charge < -0.3 is 5.73 Å². The SMILES string of the molecule is Cc1csc(-c2nc(N)c3ccsc3n2)n1. The molecule has 0 radical (unpaired) electrons. The number of aryl methyl sites for hydroxylation is 1. The van der Waals surface area contributed by atoms with E-state index in [2.05, 4.69) is 15.0 Å². The van der Waals surface area contributed by atoms with E-state index in [1.54, 1.807) is 11.3 Å². The van der Waals surface area contributed by atoms with Crippen molar-refractivity contribution in [1.82, 2.24) is 15.0 Å². The van der Waals surface area contributed by atoms with Crippen LogP contribution in [0.2, 0.25) is 0 Å². The zero-order valence-corrected chi connectivity index (χ0v) is 10.1. The number of anilines is 1. The Morgan fingerprint density at radius 1 is 1.19 bits per heavy atom. The summed E-state index contributed by atoms with van der Waals surface area (Å²) in [6.07, 6.45) is 0.